The van der Waals surface area contributed by atoms with Gasteiger partial charge in [-0.1, -0.05) is 19.9 Å². The summed E-state index contributed by atoms with van der Waals surface area (Å²) in [5.74, 6) is 1.44. The van der Waals surface area contributed by atoms with E-state index in [1.807, 2.05) is 25.1 Å². The van der Waals surface area contributed by atoms with Gasteiger partial charge in [-0.2, -0.15) is 0 Å². The zero-order valence-electron chi connectivity index (χ0n) is 13.9. The largest absolute Gasteiger partial charge is 0.490 e. The van der Waals surface area contributed by atoms with Crippen LogP contribution in [0.5, 0.6) is 11.5 Å². The van der Waals surface area contributed by atoms with E-state index in [4.69, 9.17) is 19.9 Å². The Morgan fingerprint density at radius 3 is 2.45 bits per heavy atom. The van der Waals surface area contributed by atoms with Gasteiger partial charge in [0.15, 0.2) is 11.5 Å². The molecule has 124 valence electrons. The van der Waals surface area contributed by atoms with Crippen molar-refractivity contribution in [3.8, 4) is 11.5 Å². The Labute approximate surface area is 132 Å². The molecule has 0 saturated carbocycles. The van der Waals surface area contributed by atoms with E-state index in [-0.39, 0.29) is 5.97 Å². The Kier molecular flexibility index (Phi) is 7.74. The van der Waals surface area contributed by atoms with Crippen LogP contribution in [0.3, 0.4) is 0 Å². The monoisotopic (exact) mass is 309 g/mol. The second kappa shape index (κ2) is 9.30. The molecule has 2 N–H and O–H groups in total. The van der Waals surface area contributed by atoms with Crippen molar-refractivity contribution in [1.29, 1.82) is 0 Å². The average molecular weight is 309 g/mol. The number of rotatable bonds is 9. The summed E-state index contributed by atoms with van der Waals surface area (Å²) in [7, 11) is 0. The maximum absolute atomic E-state index is 11.6. The summed E-state index contributed by atoms with van der Waals surface area (Å²) in [6.45, 7) is 9.37. The van der Waals surface area contributed by atoms with Crippen LogP contribution in [0.15, 0.2) is 18.2 Å². The molecule has 0 aliphatic carbocycles. The molecule has 5 heteroatoms. The molecule has 0 heterocycles. The molecule has 0 saturated heterocycles. The molecule has 0 radical (unpaired) electrons. The summed E-state index contributed by atoms with van der Waals surface area (Å²) in [6.07, 6.45) is 0.406. The zero-order chi connectivity index (χ0) is 16.5. The van der Waals surface area contributed by atoms with E-state index in [0.29, 0.717) is 43.7 Å². The predicted molar refractivity (Wildman–Crippen MR) is 86.3 cm³/mol. The van der Waals surface area contributed by atoms with Gasteiger partial charge in [-0.15, -0.1) is 0 Å². The van der Waals surface area contributed by atoms with Gasteiger partial charge < -0.3 is 19.9 Å². The summed E-state index contributed by atoms with van der Waals surface area (Å²) in [5.41, 5.74) is 6.77. The maximum atomic E-state index is 11.6. The average Bonchev–Trinajstić information content (AvgIpc) is 2.46. The predicted octanol–water partition coefficient (Wildman–Crippen LogP) is 2.55. The van der Waals surface area contributed by atoms with Crippen molar-refractivity contribution in [3.63, 3.8) is 0 Å². The van der Waals surface area contributed by atoms with Gasteiger partial charge in [0, 0.05) is 0 Å². The first-order chi connectivity index (χ1) is 10.5. The molecule has 0 aromatic heterocycles. The Morgan fingerprint density at radius 2 is 1.86 bits per heavy atom. The molecule has 5 nitrogen and oxygen atoms in total. The van der Waals surface area contributed by atoms with Crippen LogP contribution in [0.4, 0.5) is 0 Å². The van der Waals surface area contributed by atoms with Gasteiger partial charge >= 0.3 is 5.97 Å². The first kappa shape index (κ1) is 18.3. The first-order valence-corrected chi connectivity index (χ1v) is 7.78. The van der Waals surface area contributed by atoms with Crippen molar-refractivity contribution in [2.45, 2.75) is 40.2 Å². The smallest absolute Gasteiger partial charge is 0.323 e. The van der Waals surface area contributed by atoms with Crippen LogP contribution < -0.4 is 15.2 Å². The number of carbonyl (C=O) groups is 1. The first-order valence-electron chi connectivity index (χ1n) is 7.78. The number of esters is 1. The topological polar surface area (TPSA) is 70.8 Å². The van der Waals surface area contributed by atoms with Crippen LogP contribution in [-0.2, 0) is 16.0 Å². The molecule has 0 fully saturated rings. The molecule has 1 rings (SSSR count). The van der Waals surface area contributed by atoms with Crippen molar-refractivity contribution < 1.29 is 19.0 Å². The van der Waals surface area contributed by atoms with Crippen molar-refractivity contribution in [1.82, 2.24) is 0 Å². The molecule has 0 amide bonds. The normalized spacial score (nSPS) is 12.1. The van der Waals surface area contributed by atoms with Crippen LogP contribution in [0.2, 0.25) is 0 Å². The second-order valence-electron chi connectivity index (χ2n) is 5.48. The number of ether oxygens (including phenoxy) is 3. The third-order valence-electron chi connectivity index (χ3n) is 2.93. The summed E-state index contributed by atoms with van der Waals surface area (Å²) in [4.78, 5) is 11.6. The molecule has 0 spiro atoms. The van der Waals surface area contributed by atoms with Crippen molar-refractivity contribution in [2.24, 2.45) is 11.7 Å². The molecule has 0 bridgehead atoms. The molecule has 1 unspecified atom stereocenters. The van der Waals surface area contributed by atoms with E-state index in [1.54, 1.807) is 6.92 Å². The van der Waals surface area contributed by atoms with Gasteiger partial charge in [-0.3, -0.25) is 4.79 Å². The van der Waals surface area contributed by atoms with Crippen LogP contribution in [-0.4, -0.2) is 31.8 Å². The standard InChI is InChI=1S/C17H27NO4/c1-5-20-16-10-13(9-14(18)17(19)21-6-2)7-8-15(16)22-11-12(3)4/h7-8,10,12,14H,5-6,9,11,18H2,1-4H3. The lowest BCUT2D eigenvalue weighted by Crippen LogP contribution is -2.34. The van der Waals surface area contributed by atoms with Gasteiger partial charge in [0.2, 0.25) is 0 Å². The highest BCUT2D eigenvalue weighted by Crippen LogP contribution is 2.29. The highest BCUT2D eigenvalue weighted by Gasteiger charge is 2.16. The number of benzene rings is 1. The fourth-order valence-corrected chi connectivity index (χ4v) is 1.91. The minimum absolute atomic E-state index is 0.332. The molecule has 1 aromatic rings. The molecule has 22 heavy (non-hydrogen) atoms. The Morgan fingerprint density at radius 1 is 1.14 bits per heavy atom. The van der Waals surface area contributed by atoms with E-state index < -0.39 is 6.04 Å². The lowest BCUT2D eigenvalue weighted by Gasteiger charge is -2.16. The zero-order valence-corrected chi connectivity index (χ0v) is 13.9. The van der Waals surface area contributed by atoms with Crippen LogP contribution in [0.1, 0.15) is 33.3 Å². The summed E-state index contributed by atoms with van der Waals surface area (Å²) in [6, 6.07) is 4.97. The SMILES string of the molecule is CCOC(=O)C(N)Cc1ccc(OCC(C)C)c(OCC)c1. The van der Waals surface area contributed by atoms with Crippen molar-refractivity contribution >= 4 is 5.97 Å². The second-order valence-corrected chi connectivity index (χ2v) is 5.48. The summed E-state index contributed by atoms with van der Waals surface area (Å²) in [5, 5.41) is 0. The fourth-order valence-electron chi connectivity index (χ4n) is 1.91. The molecule has 0 aliphatic heterocycles. The lowest BCUT2D eigenvalue weighted by molar-refractivity contribution is -0.144. The molecule has 1 aromatic carbocycles. The van der Waals surface area contributed by atoms with Gasteiger partial charge in [0.05, 0.1) is 19.8 Å². The Hall–Kier alpha value is -1.75. The van der Waals surface area contributed by atoms with E-state index in [9.17, 15) is 4.79 Å². The highest BCUT2D eigenvalue weighted by atomic mass is 16.5. The molecule has 1 atom stereocenters. The van der Waals surface area contributed by atoms with Gasteiger partial charge in [0.1, 0.15) is 6.04 Å². The van der Waals surface area contributed by atoms with Crippen LogP contribution >= 0.6 is 0 Å². The number of nitrogens with two attached hydrogens (primary N) is 1. The third kappa shape index (κ3) is 5.93. The third-order valence-corrected chi connectivity index (χ3v) is 2.93. The van der Waals surface area contributed by atoms with Crippen molar-refractivity contribution in [2.75, 3.05) is 19.8 Å². The Balaban J connectivity index is 2.80. The molecular weight excluding hydrogens is 282 g/mol. The minimum Gasteiger partial charge on any atom is -0.490 e. The quantitative estimate of drug-likeness (QED) is 0.710. The molecular formula is C17H27NO4. The van der Waals surface area contributed by atoms with Crippen LogP contribution in [0.25, 0.3) is 0 Å². The fraction of sp³-hybridized carbons (Fsp3) is 0.588. The van der Waals surface area contributed by atoms with Gasteiger partial charge in [0.25, 0.3) is 0 Å². The van der Waals surface area contributed by atoms with E-state index >= 15 is 0 Å². The maximum Gasteiger partial charge on any atom is 0.323 e. The van der Waals surface area contributed by atoms with E-state index in [1.165, 1.54) is 0 Å². The summed E-state index contributed by atoms with van der Waals surface area (Å²) >= 11 is 0. The number of hydrogen-bond acceptors (Lipinski definition) is 5. The van der Waals surface area contributed by atoms with E-state index in [0.717, 1.165) is 5.56 Å². The van der Waals surface area contributed by atoms with Gasteiger partial charge in [-0.05, 0) is 43.9 Å². The van der Waals surface area contributed by atoms with Crippen LogP contribution in [0, 0.1) is 5.92 Å². The van der Waals surface area contributed by atoms with Gasteiger partial charge in [-0.25, -0.2) is 0 Å². The Bertz CT molecular complexity index is 474. The number of carbonyl (C=O) groups excluding carboxylic acids is 1. The summed E-state index contributed by atoms with van der Waals surface area (Å²) < 4.78 is 16.3. The highest BCUT2D eigenvalue weighted by molar-refractivity contribution is 5.75. The number of hydrogen-bond donors (Lipinski definition) is 1. The van der Waals surface area contributed by atoms with Crippen molar-refractivity contribution in [3.05, 3.63) is 23.8 Å². The molecule has 0 aliphatic rings. The lowest BCUT2D eigenvalue weighted by atomic mass is 10.1. The minimum atomic E-state index is -0.670. The van der Waals surface area contributed by atoms with E-state index in [2.05, 4.69) is 13.8 Å².